The minimum atomic E-state index is 0.0586. The number of likely N-dealkylation sites (tertiary alicyclic amines) is 1. The molecule has 32 heavy (non-hydrogen) atoms. The van der Waals surface area contributed by atoms with Gasteiger partial charge in [0.05, 0.1) is 0 Å². The molecule has 0 aliphatic carbocycles. The summed E-state index contributed by atoms with van der Waals surface area (Å²) >= 11 is 6.05. The van der Waals surface area contributed by atoms with Crippen LogP contribution in [0.1, 0.15) is 40.6 Å². The van der Waals surface area contributed by atoms with Crippen LogP contribution in [0.4, 0.5) is 0 Å². The largest absolute Gasteiger partial charge is 0.489 e. The van der Waals surface area contributed by atoms with Gasteiger partial charge in [0.25, 0.3) is 5.91 Å². The Balaban J connectivity index is 1.17. The molecule has 1 fully saturated rings. The molecule has 162 valence electrons. The van der Waals surface area contributed by atoms with Gasteiger partial charge in [-0.25, -0.2) is 4.98 Å². The number of aromatic nitrogens is 1. The number of benzene rings is 3. The van der Waals surface area contributed by atoms with Gasteiger partial charge in [0.1, 0.15) is 17.9 Å². The van der Waals surface area contributed by atoms with Crippen LogP contribution in [0.3, 0.4) is 0 Å². The van der Waals surface area contributed by atoms with E-state index in [1.54, 1.807) is 6.07 Å². The van der Waals surface area contributed by atoms with E-state index in [2.05, 4.69) is 4.98 Å². The first-order valence-corrected chi connectivity index (χ1v) is 11.2. The monoisotopic (exact) mass is 446 g/mol. The van der Waals surface area contributed by atoms with Crippen LogP contribution in [0.15, 0.2) is 77.2 Å². The number of halogens is 1. The molecule has 5 nitrogen and oxygen atoms in total. The van der Waals surface area contributed by atoms with Crippen LogP contribution in [0.5, 0.6) is 5.75 Å². The zero-order chi connectivity index (χ0) is 21.9. The summed E-state index contributed by atoms with van der Waals surface area (Å²) in [4.78, 5) is 19.5. The Bertz CT molecular complexity index is 1210. The number of oxazole rings is 1. The maximum absolute atomic E-state index is 13.0. The average molecular weight is 447 g/mol. The lowest BCUT2D eigenvalue weighted by molar-refractivity contribution is 0.0706. The molecule has 5 rings (SSSR count). The van der Waals surface area contributed by atoms with Crippen LogP contribution in [0, 0.1) is 0 Å². The molecule has 0 bridgehead atoms. The van der Waals surface area contributed by atoms with Crippen molar-refractivity contribution in [2.45, 2.75) is 25.4 Å². The standard InChI is InChI=1S/C26H23ClN2O3/c27-21-10-11-24-23(16-21)28-25(32-24)19-12-14-29(15-13-19)26(30)20-8-6-18(7-9-20)17-31-22-4-2-1-3-5-22/h1-11,16,19H,12-15,17H2. The Morgan fingerprint density at radius 2 is 1.78 bits per heavy atom. The molecule has 0 radical (unpaired) electrons. The Morgan fingerprint density at radius 3 is 2.53 bits per heavy atom. The van der Waals surface area contributed by atoms with Gasteiger partial charge in [-0.1, -0.05) is 41.9 Å². The van der Waals surface area contributed by atoms with Gasteiger partial charge in [0.15, 0.2) is 11.5 Å². The number of rotatable bonds is 5. The summed E-state index contributed by atoms with van der Waals surface area (Å²) in [5, 5.41) is 0.649. The lowest BCUT2D eigenvalue weighted by Gasteiger charge is -2.30. The number of para-hydroxylation sites is 1. The van der Waals surface area contributed by atoms with Crippen molar-refractivity contribution in [2.75, 3.05) is 13.1 Å². The SMILES string of the molecule is O=C(c1ccc(COc2ccccc2)cc1)N1CCC(c2nc3cc(Cl)ccc3o2)CC1. The fraction of sp³-hybridized carbons (Fsp3) is 0.231. The highest BCUT2D eigenvalue weighted by Gasteiger charge is 2.27. The van der Waals surface area contributed by atoms with E-state index in [4.69, 9.17) is 20.8 Å². The summed E-state index contributed by atoms with van der Waals surface area (Å²) in [5.74, 6) is 1.83. The van der Waals surface area contributed by atoms with E-state index < -0.39 is 0 Å². The molecule has 1 aliphatic rings. The van der Waals surface area contributed by atoms with E-state index in [-0.39, 0.29) is 11.8 Å². The van der Waals surface area contributed by atoms with Crippen molar-refractivity contribution in [1.29, 1.82) is 0 Å². The molecular weight excluding hydrogens is 424 g/mol. The highest BCUT2D eigenvalue weighted by molar-refractivity contribution is 6.31. The molecule has 1 aliphatic heterocycles. The molecule has 3 aromatic carbocycles. The highest BCUT2D eigenvalue weighted by Crippen LogP contribution is 2.31. The number of hydrogen-bond acceptors (Lipinski definition) is 4. The van der Waals surface area contributed by atoms with Gasteiger partial charge in [-0.15, -0.1) is 0 Å². The third-order valence-corrected chi connectivity index (χ3v) is 6.08. The fourth-order valence-electron chi connectivity index (χ4n) is 4.03. The van der Waals surface area contributed by atoms with Crippen molar-refractivity contribution in [3.05, 3.63) is 94.8 Å². The van der Waals surface area contributed by atoms with Gasteiger partial charge in [-0.2, -0.15) is 0 Å². The number of hydrogen-bond donors (Lipinski definition) is 0. The predicted molar refractivity (Wildman–Crippen MR) is 124 cm³/mol. The van der Waals surface area contributed by atoms with E-state index >= 15 is 0 Å². The van der Waals surface area contributed by atoms with Gasteiger partial charge in [0, 0.05) is 29.6 Å². The average Bonchev–Trinajstić information content (AvgIpc) is 3.27. The van der Waals surface area contributed by atoms with E-state index in [0.717, 1.165) is 41.1 Å². The van der Waals surface area contributed by atoms with Crippen molar-refractivity contribution in [3.63, 3.8) is 0 Å². The maximum atomic E-state index is 13.0. The van der Waals surface area contributed by atoms with Gasteiger partial charge in [0.2, 0.25) is 0 Å². The quantitative estimate of drug-likeness (QED) is 0.372. The smallest absolute Gasteiger partial charge is 0.253 e. The van der Waals surface area contributed by atoms with Gasteiger partial charge < -0.3 is 14.1 Å². The van der Waals surface area contributed by atoms with Crippen LogP contribution < -0.4 is 4.74 Å². The summed E-state index contributed by atoms with van der Waals surface area (Å²) < 4.78 is 11.7. The number of piperidine rings is 1. The third-order valence-electron chi connectivity index (χ3n) is 5.85. The minimum Gasteiger partial charge on any atom is -0.489 e. The van der Waals surface area contributed by atoms with Crippen LogP contribution >= 0.6 is 11.6 Å². The van der Waals surface area contributed by atoms with Crippen molar-refractivity contribution in [3.8, 4) is 5.75 Å². The zero-order valence-electron chi connectivity index (χ0n) is 17.5. The first-order chi connectivity index (χ1) is 15.7. The summed E-state index contributed by atoms with van der Waals surface area (Å²) in [5.41, 5.74) is 3.25. The lowest BCUT2D eigenvalue weighted by atomic mass is 9.96. The summed E-state index contributed by atoms with van der Waals surface area (Å²) in [6, 6.07) is 22.8. The van der Waals surface area contributed by atoms with Crippen molar-refractivity contribution < 1.29 is 13.9 Å². The molecule has 0 unspecified atom stereocenters. The molecule has 2 heterocycles. The Labute approximate surface area is 191 Å². The summed E-state index contributed by atoms with van der Waals surface area (Å²) in [6.07, 6.45) is 1.66. The van der Waals surface area contributed by atoms with E-state index in [0.29, 0.717) is 30.3 Å². The normalized spacial score (nSPS) is 14.6. The Morgan fingerprint density at radius 1 is 1.03 bits per heavy atom. The molecule has 1 saturated heterocycles. The van der Waals surface area contributed by atoms with Crippen LogP contribution in [0.25, 0.3) is 11.1 Å². The molecule has 0 atom stereocenters. The van der Waals surface area contributed by atoms with E-state index in [9.17, 15) is 4.79 Å². The van der Waals surface area contributed by atoms with E-state index in [1.165, 1.54) is 0 Å². The van der Waals surface area contributed by atoms with Gasteiger partial charge in [-0.3, -0.25) is 4.79 Å². The summed E-state index contributed by atoms with van der Waals surface area (Å²) in [7, 11) is 0. The number of carbonyl (C=O) groups is 1. The molecule has 6 heteroatoms. The number of carbonyl (C=O) groups excluding carboxylic acids is 1. The molecular formula is C26H23ClN2O3. The molecule has 1 amide bonds. The number of fused-ring (bicyclic) bond motifs is 1. The van der Waals surface area contributed by atoms with Gasteiger partial charge >= 0.3 is 0 Å². The third kappa shape index (κ3) is 4.48. The first-order valence-electron chi connectivity index (χ1n) is 10.8. The molecule has 0 spiro atoms. The Hall–Kier alpha value is -3.31. The topological polar surface area (TPSA) is 55.6 Å². The first kappa shape index (κ1) is 20.6. The van der Waals surface area contributed by atoms with Crippen molar-refractivity contribution in [1.82, 2.24) is 9.88 Å². The second-order valence-electron chi connectivity index (χ2n) is 8.03. The van der Waals surface area contributed by atoms with E-state index in [1.807, 2.05) is 71.6 Å². The molecule has 4 aromatic rings. The molecule has 1 aromatic heterocycles. The molecule has 0 saturated carbocycles. The van der Waals surface area contributed by atoms with Crippen LogP contribution in [-0.4, -0.2) is 28.9 Å². The fourth-order valence-corrected chi connectivity index (χ4v) is 4.20. The second kappa shape index (κ2) is 9.05. The highest BCUT2D eigenvalue weighted by atomic mass is 35.5. The van der Waals surface area contributed by atoms with Crippen molar-refractivity contribution in [2.24, 2.45) is 0 Å². The van der Waals surface area contributed by atoms with Crippen LogP contribution in [-0.2, 0) is 6.61 Å². The zero-order valence-corrected chi connectivity index (χ0v) is 18.3. The summed E-state index contributed by atoms with van der Waals surface area (Å²) in [6.45, 7) is 1.84. The predicted octanol–water partition coefficient (Wildman–Crippen LogP) is 6.08. The number of ether oxygens (including phenoxy) is 1. The number of amides is 1. The molecule has 0 N–H and O–H groups in total. The second-order valence-corrected chi connectivity index (χ2v) is 8.47. The number of nitrogens with zero attached hydrogens (tertiary/aromatic N) is 2. The minimum absolute atomic E-state index is 0.0586. The Kier molecular flexibility index (Phi) is 5.82. The van der Waals surface area contributed by atoms with Crippen molar-refractivity contribution >= 4 is 28.6 Å². The lowest BCUT2D eigenvalue weighted by Crippen LogP contribution is -2.38. The maximum Gasteiger partial charge on any atom is 0.253 e. The van der Waals surface area contributed by atoms with Crippen LogP contribution in [0.2, 0.25) is 5.02 Å². The van der Waals surface area contributed by atoms with Gasteiger partial charge in [-0.05, 0) is 60.9 Å².